The number of hydrogen-bond donors (Lipinski definition) is 1. The third-order valence-corrected chi connectivity index (χ3v) is 2.09. The average Bonchev–Trinajstić information content (AvgIpc) is 2.67. The number of aliphatic hydroxyl groups is 1. The molecular weight excluding hydrogens is 206 g/mol. The number of Topliss-reactive ketones (excluding diaryl/α,β-unsaturated/α-hetero) is 1. The van der Waals surface area contributed by atoms with Crippen molar-refractivity contribution in [1.29, 1.82) is 0 Å². The predicted octanol–water partition coefficient (Wildman–Crippen LogP) is 2.11. The van der Waals surface area contributed by atoms with Gasteiger partial charge >= 0.3 is 5.92 Å². The van der Waals surface area contributed by atoms with E-state index < -0.39 is 23.7 Å². The van der Waals surface area contributed by atoms with Gasteiger partial charge in [-0.3, -0.25) is 4.79 Å². The van der Waals surface area contributed by atoms with E-state index in [1.807, 2.05) is 0 Å². The first-order chi connectivity index (χ1) is 6.87. The molecule has 0 spiro atoms. The number of aliphatic hydroxyl groups excluding tert-OH is 1. The fourth-order valence-corrected chi connectivity index (χ4v) is 1.14. The molecule has 0 amide bonds. The van der Waals surface area contributed by atoms with Crippen LogP contribution in [-0.4, -0.2) is 22.9 Å². The Kier molecular flexibility index (Phi) is 3.24. The molecule has 0 radical (unpaired) electrons. The van der Waals surface area contributed by atoms with Crippen LogP contribution in [0, 0.1) is 5.92 Å². The number of hydrogen-bond acceptors (Lipinski definition) is 3. The van der Waals surface area contributed by atoms with Crippen LogP contribution < -0.4 is 0 Å². The summed E-state index contributed by atoms with van der Waals surface area (Å²) in [6.07, 6.45) is 0.0776. The normalized spacial score (nSPS) is 14.3. The first kappa shape index (κ1) is 11.8. The summed E-state index contributed by atoms with van der Waals surface area (Å²) < 4.78 is 31.3. The van der Waals surface area contributed by atoms with E-state index in [1.54, 1.807) is 0 Å². The predicted molar refractivity (Wildman–Crippen MR) is 48.8 cm³/mol. The van der Waals surface area contributed by atoms with Crippen LogP contribution in [-0.2, 0) is 0 Å². The fraction of sp³-hybridized carbons (Fsp3) is 0.500. The molecule has 0 aliphatic carbocycles. The van der Waals surface area contributed by atoms with Crippen LogP contribution in [0.25, 0.3) is 0 Å². The summed E-state index contributed by atoms with van der Waals surface area (Å²) in [5, 5.41) is 9.22. The van der Waals surface area contributed by atoms with E-state index >= 15 is 0 Å². The zero-order chi connectivity index (χ0) is 11.6. The van der Waals surface area contributed by atoms with Crippen LogP contribution in [0.5, 0.6) is 0 Å². The summed E-state index contributed by atoms with van der Waals surface area (Å²) in [5.41, 5.74) is -0.236. The molecule has 3 nitrogen and oxygen atoms in total. The molecular formula is C10H12F2O3. The maximum Gasteiger partial charge on any atom is 0.335 e. The van der Waals surface area contributed by atoms with Gasteiger partial charge in [0.15, 0.2) is 0 Å². The Morgan fingerprint density at radius 2 is 2.13 bits per heavy atom. The van der Waals surface area contributed by atoms with Crippen LogP contribution in [0.4, 0.5) is 8.78 Å². The zero-order valence-corrected chi connectivity index (χ0v) is 8.41. The molecule has 1 aromatic heterocycles. The number of rotatable bonds is 4. The molecule has 0 aliphatic rings. The van der Waals surface area contributed by atoms with Gasteiger partial charge in [0.05, 0.1) is 11.8 Å². The van der Waals surface area contributed by atoms with Gasteiger partial charge in [0.2, 0.25) is 5.78 Å². The van der Waals surface area contributed by atoms with Gasteiger partial charge in [-0.2, -0.15) is 8.78 Å². The molecule has 0 aromatic carbocycles. The number of halogens is 2. The second kappa shape index (κ2) is 4.10. The van der Waals surface area contributed by atoms with Crippen molar-refractivity contribution < 1.29 is 23.1 Å². The highest BCUT2D eigenvalue weighted by molar-refractivity contribution is 6.01. The van der Waals surface area contributed by atoms with E-state index in [-0.39, 0.29) is 5.56 Å². The van der Waals surface area contributed by atoms with Crippen molar-refractivity contribution in [2.45, 2.75) is 25.9 Å². The molecule has 1 aromatic rings. The maximum absolute atomic E-state index is 13.4. The van der Waals surface area contributed by atoms with Crippen molar-refractivity contribution in [3.05, 3.63) is 24.2 Å². The highest BCUT2D eigenvalue weighted by Gasteiger charge is 2.48. The summed E-state index contributed by atoms with van der Waals surface area (Å²) in [6, 6.07) is 1.14. The largest absolute Gasteiger partial charge is 0.472 e. The number of alkyl halides is 2. The number of carbonyl (C=O) groups excluding carboxylic acids is 1. The lowest BCUT2D eigenvalue weighted by Crippen LogP contribution is -2.44. The smallest absolute Gasteiger partial charge is 0.335 e. The fourth-order valence-electron chi connectivity index (χ4n) is 1.14. The molecule has 0 bridgehead atoms. The van der Waals surface area contributed by atoms with E-state index in [0.717, 1.165) is 18.6 Å². The molecule has 1 heterocycles. The SMILES string of the molecule is CC(C)C(O)C(F)(F)C(=O)c1ccoc1. The molecule has 1 unspecified atom stereocenters. The molecule has 0 aliphatic heterocycles. The van der Waals surface area contributed by atoms with Crippen LogP contribution >= 0.6 is 0 Å². The first-order valence-electron chi connectivity index (χ1n) is 4.50. The van der Waals surface area contributed by atoms with Crippen molar-refractivity contribution in [2.75, 3.05) is 0 Å². The topological polar surface area (TPSA) is 50.4 Å². The third kappa shape index (κ3) is 2.23. The monoisotopic (exact) mass is 218 g/mol. The summed E-state index contributed by atoms with van der Waals surface area (Å²) in [4.78, 5) is 11.3. The Morgan fingerprint density at radius 1 is 1.53 bits per heavy atom. The van der Waals surface area contributed by atoms with Gasteiger partial charge in [-0.1, -0.05) is 13.8 Å². The van der Waals surface area contributed by atoms with Crippen molar-refractivity contribution in [2.24, 2.45) is 5.92 Å². The lowest BCUT2D eigenvalue weighted by Gasteiger charge is -2.23. The van der Waals surface area contributed by atoms with Gasteiger partial charge in [0.1, 0.15) is 12.4 Å². The van der Waals surface area contributed by atoms with Crippen LogP contribution in [0.1, 0.15) is 24.2 Å². The quantitative estimate of drug-likeness (QED) is 0.787. The Bertz CT molecular complexity index is 330. The Hall–Kier alpha value is -1.23. The number of furan rings is 1. The second-order valence-electron chi connectivity index (χ2n) is 3.65. The zero-order valence-electron chi connectivity index (χ0n) is 8.41. The van der Waals surface area contributed by atoms with Crippen LogP contribution in [0.3, 0.4) is 0 Å². The van der Waals surface area contributed by atoms with E-state index in [2.05, 4.69) is 4.42 Å². The minimum Gasteiger partial charge on any atom is -0.472 e. The first-order valence-corrected chi connectivity index (χ1v) is 4.50. The van der Waals surface area contributed by atoms with E-state index in [9.17, 15) is 18.7 Å². The van der Waals surface area contributed by atoms with E-state index in [0.29, 0.717) is 0 Å². The lowest BCUT2D eigenvalue weighted by molar-refractivity contribution is -0.0949. The molecule has 5 heteroatoms. The highest BCUT2D eigenvalue weighted by atomic mass is 19.3. The number of ketones is 1. The van der Waals surface area contributed by atoms with Crippen molar-refractivity contribution >= 4 is 5.78 Å². The van der Waals surface area contributed by atoms with Crippen molar-refractivity contribution in [1.82, 2.24) is 0 Å². The van der Waals surface area contributed by atoms with Gasteiger partial charge in [0, 0.05) is 0 Å². The summed E-state index contributed by atoms with van der Waals surface area (Å²) in [7, 11) is 0. The minimum atomic E-state index is -3.78. The van der Waals surface area contributed by atoms with Gasteiger partial charge in [-0.05, 0) is 12.0 Å². The van der Waals surface area contributed by atoms with Crippen molar-refractivity contribution in [3.8, 4) is 0 Å². The highest BCUT2D eigenvalue weighted by Crippen LogP contribution is 2.28. The summed E-state index contributed by atoms with van der Waals surface area (Å²) >= 11 is 0. The summed E-state index contributed by atoms with van der Waals surface area (Å²) in [6.45, 7) is 2.84. The standard InChI is InChI=1S/C10H12F2O3/c1-6(2)8(13)10(11,12)9(14)7-3-4-15-5-7/h3-6,8,13H,1-2H3. The van der Waals surface area contributed by atoms with Crippen LogP contribution in [0.15, 0.2) is 23.0 Å². The lowest BCUT2D eigenvalue weighted by atomic mass is 9.95. The van der Waals surface area contributed by atoms with Gasteiger partial charge in [-0.25, -0.2) is 0 Å². The maximum atomic E-state index is 13.4. The molecule has 84 valence electrons. The summed E-state index contributed by atoms with van der Waals surface area (Å²) in [5.74, 6) is -5.90. The van der Waals surface area contributed by atoms with Gasteiger partial charge in [0.25, 0.3) is 0 Å². The number of carbonyl (C=O) groups is 1. The molecule has 1 N–H and O–H groups in total. The Labute approximate surface area is 85.7 Å². The molecule has 1 atom stereocenters. The molecule has 0 saturated heterocycles. The van der Waals surface area contributed by atoms with E-state index in [4.69, 9.17) is 0 Å². The van der Waals surface area contributed by atoms with Crippen LogP contribution in [0.2, 0.25) is 0 Å². The third-order valence-electron chi connectivity index (χ3n) is 2.09. The van der Waals surface area contributed by atoms with Crippen molar-refractivity contribution in [3.63, 3.8) is 0 Å². The molecule has 0 fully saturated rings. The molecule has 0 saturated carbocycles. The Morgan fingerprint density at radius 3 is 2.53 bits per heavy atom. The average molecular weight is 218 g/mol. The Balaban J connectivity index is 2.91. The minimum absolute atomic E-state index is 0.236. The van der Waals surface area contributed by atoms with Gasteiger partial charge < -0.3 is 9.52 Å². The molecule has 1 rings (SSSR count). The van der Waals surface area contributed by atoms with Gasteiger partial charge in [-0.15, -0.1) is 0 Å². The molecule has 15 heavy (non-hydrogen) atoms. The van der Waals surface area contributed by atoms with E-state index in [1.165, 1.54) is 13.8 Å². The second-order valence-corrected chi connectivity index (χ2v) is 3.65.